The van der Waals surface area contributed by atoms with E-state index in [9.17, 15) is 14.7 Å². The molecule has 0 radical (unpaired) electrons. The van der Waals surface area contributed by atoms with Gasteiger partial charge in [-0.1, -0.05) is 12.1 Å². The zero-order chi connectivity index (χ0) is 18.9. The van der Waals surface area contributed by atoms with E-state index in [-0.39, 0.29) is 11.4 Å². The van der Waals surface area contributed by atoms with Gasteiger partial charge in [-0.15, -0.1) is 0 Å². The number of carboxylic acids is 1. The number of carbonyl (C=O) groups is 2. The van der Waals surface area contributed by atoms with E-state index in [4.69, 9.17) is 14.6 Å². The average molecular weight is 360 g/mol. The number of phenolic OH excluding ortho intramolecular Hbond substituents is 1. The van der Waals surface area contributed by atoms with Crippen LogP contribution in [0.3, 0.4) is 0 Å². The number of benzene rings is 2. The van der Waals surface area contributed by atoms with E-state index in [2.05, 4.69) is 10.6 Å². The summed E-state index contributed by atoms with van der Waals surface area (Å²) in [5.41, 5.74) is 1.21. The second-order valence-electron chi connectivity index (χ2n) is 5.34. The maximum atomic E-state index is 11.9. The SMILES string of the molecule is COc1ccc(O)c(NC(=O)NCCc2ccc(OCC(=O)O)cc2)c1. The van der Waals surface area contributed by atoms with E-state index < -0.39 is 18.6 Å². The molecule has 0 heterocycles. The molecule has 0 unspecified atom stereocenters. The summed E-state index contributed by atoms with van der Waals surface area (Å²) in [6.45, 7) is -0.00984. The number of aliphatic carboxylic acids is 1. The summed E-state index contributed by atoms with van der Waals surface area (Å²) in [6, 6.07) is 11.0. The van der Waals surface area contributed by atoms with Crippen molar-refractivity contribution in [2.24, 2.45) is 0 Å². The molecule has 26 heavy (non-hydrogen) atoms. The molecule has 4 N–H and O–H groups in total. The third kappa shape index (κ3) is 5.90. The average Bonchev–Trinajstić information content (AvgIpc) is 2.63. The highest BCUT2D eigenvalue weighted by Crippen LogP contribution is 2.27. The van der Waals surface area contributed by atoms with Crippen LogP contribution in [-0.4, -0.2) is 42.5 Å². The van der Waals surface area contributed by atoms with Gasteiger partial charge < -0.3 is 30.3 Å². The van der Waals surface area contributed by atoms with Gasteiger partial charge in [0.1, 0.15) is 17.2 Å². The number of amides is 2. The number of anilines is 1. The van der Waals surface area contributed by atoms with Crippen LogP contribution in [-0.2, 0) is 11.2 Å². The Hall–Kier alpha value is -3.42. The van der Waals surface area contributed by atoms with Gasteiger partial charge in [-0.25, -0.2) is 9.59 Å². The van der Waals surface area contributed by atoms with E-state index in [0.717, 1.165) is 5.56 Å². The molecule has 0 fully saturated rings. The predicted molar refractivity (Wildman–Crippen MR) is 95.0 cm³/mol. The first kappa shape index (κ1) is 18.9. The largest absolute Gasteiger partial charge is 0.506 e. The van der Waals surface area contributed by atoms with Gasteiger partial charge in [-0.3, -0.25) is 0 Å². The lowest BCUT2D eigenvalue weighted by molar-refractivity contribution is -0.139. The van der Waals surface area contributed by atoms with Crippen LogP contribution in [0, 0.1) is 0 Å². The van der Waals surface area contributed by atoms with Crippen molar-refractivity contribution < 1.29 is 29.3 Å². The highest BCUT2D eigenvalue weighted by Gasteiger charge is 2.07. The second kappa shape index (κ2) is 9.16. The summed E-state index contributed by atoms with van der Waals surface area (Å²) < 4.78 is 10.1. The first-order chi connectivity index (χ1) is 12.5. The van der Waals surface area contributed by atoms with Gasteiger partial charge in [0, 0.05) is 12.6 Å². The summed E-state index contributed by atoms with van der Waals surface area (Å²) in [6.07, 6.45) is 0.580. The van der Waals surface area contributed by atoms with Crippen molar-refractivity contribution in [3.05, 3.63) is 48.0 Å². The minimum absolute atomic E-state index is 0.0575. The summed E-state index contributed by atoms with van der Waals surface area (Å²) in [4.78, 5) is 22.3. The van der Waals surface area contributed by atoms with Crippen LogP contribution in [0.25, 0.3) is 0 Å². The van der Waals surface area contributed by atoms with Crippen molar-refractivity contribution in [3.8, 4) is 17.2 Å². The third-order valence-corrected chi connectivity index (χ3v) is 3.44. The molecule has 0 atom stereocenters. The van der Waals surface area contributed by atoms with Crippen LogP contribution >= 0.6 is 0 Å². The number of methoxy groups -OCH3 is 1. The van der Waals surface area contributed by atoms with E-state index in [1.165, 1.54) is 19.2 Å². The number of hydrogen-bond donors (Lipinski definition) is 4. The Kier molecular flexibility index (Phi) is 6.67. The van der Waals surface area contributed by atoms with Gasteiger partial charge in [-0.05, 0) is 36.2 Å². The van der Waals surface area contributed by atoms with Crippen LogP contribution < -0.4 is 20.1 Å². The molecule has 2 aromatic rings. The zero-order valence-corrected chi connectivity index (χ0v) is 14.2. The van der Waals surface area contributed by atoms with Crippen molar-refractivity contribution in [1.82, 2.24) is 5.32 Å². The highest BCUT2D eigenvalue weighted by molar-refractivity contribution is 5.91. The van der Waals surface area contributed by atoms with Crippen LogP contribution in [0.15, 0.2) is 42.5 Å². The molecule has 8 heteroatoms. The van der Waals surface area contributed by atoms with Gasteiger partial charge >= 0.3 is 12.0 Å². The van der Waals surface area contributed by atoms with E-state index in [1.807, 2.05) is 0 Å². The lowest BCUT2D eigenvalue weighted by atomic mass is 10.1. The fourth-order valence-corrected chi connectivity index (χ4v) is 2.13. The minimum Gasteiger partial charge on any atom is -0.506 e. The minimum atomic E-state index is -1.04. The van der Waals surface area contributed by atoms with Crippen molar-refractivity contribution in [1.29, 1.82) is 0 Å². The molecule has 0 saturated carbocycles. The van der Waals surface area contributed by atoms with Crippen molar-refractivity contribution >= 4 is 17.7 Å². The van der Waals surface area contributed by atoms with Gasteiger partial charge in [0.05, 0.1) is 12.8 Å². The van der Waals surface area contributed by atoms with E-state index in [0.29, 0.717) is 24.5 Å². The molecule has 138 valence electrons. The number of hydrogen-bond acceptors (Lipinski definition) is 5. The number of rotatable bonds is 8. The van der Waals surface area contributed by atoms with Crippen molar-refractivity contribution in [2.45, 2.75) is 6.42 Å². The summed E-state index contributed by atoms with van der Waals surface area (Å²) in [7, 11) is 1.49. The lowest BCUT2D eigenvalue weighted by Crippen LogP contribution is -2.30. The summed E-state index contributed by atoms with van der Waals surface area (Å²) in [5.74, 6) is -0.108. The van der Waals surface area contributed by atoms with E-state index >= 15 is 0 Å². The second-order valence-corrected chi connectivity index (χ2v) is 5.34. The summed E-state index contributed by atoms with van der Waals surface area (Å²) >= 11 is 0. The number of phenols is 1. The van der Waals surface area contributed by atoms with Gasteiger partial charge in [0.25, 0.3) is 0 Å². The van der Waals surface area contributed by atoms with Gasteiger partial charge in [-0.2, -0.15) is 0 Å². The van der Waals surface area contributed by atoms with Crippen LogP contribution in [0.2, 0.25) is 0 Å². The van der Waals surface area contributed by atoms with Crippen molar-refractivity contribution in [3.63, 3.8) is 0 Å². The Balaban J connectivity index is 1.78. The lowest BCUT2D eigenvalue weighted by Gasteiger charge is -2.10. The Morgan fingerprint density at radius 2 is 1.77 bits per heavy atom. The highest BCUT2D eigenvalue weighted by atomic mass is 16.5. The summed E-state index contributed by atoms with van der Waals surface area (Å²) in [5, 5.41) is 23.5. The van der Waals surface area contributed by atoms with Crippen LogP contribution in [0.1, 0.15) is 5.56 Å². The Labute approximate surface area is 150 Å². The zero-order valence-electron chi connectivity index (χ0n) is 14.2. The van der Waals surface area contributed by atoms with E-state index in [1.54, 1.807) is 30.3 Å². The number of aromatic hydroxyl groups is 1. The number of carboxylic acid groups (broad SMARTS) is 1. The number of nitrogens with one attached hydrogen (secondary N) is 2. The first-order valence-electron chi connectivity index (χ1n) is 7.83. The van der Waals surface area contributed by atoms with Crippen LogP contribution in [0.4, 0.5) is 10.5 Å². The Morgan fingerprint density at radius 1 is 1.08 bits per heavy atom. The molecule has 2 aromatic carbocycles. The molecule has 0 saturated heterocycles. The molecule has 0 aromatic heterocycles. The van der Waals surface area contributed by atoms with Crippen molar-refractivity contribution in [2.75, 3.05) is 25.6 Å². The fourth-order valence-electron chi connectivity index (χ4n) is 2.13. The molecule has 0 aliphatic carbocycles. The Bertz CT molecular complexity index is 761. The first-order valence-corrected chi connectivity index (χ1v) is 7.83. The Morgan fingerprint density at radius 3 is 2.42 bits per heavy atom. The fraction of sp³-hybridized carbons (Fsp3) is 0.222. The molecule has 2 rings (SSSR count). The molecule has 0 aliphatic rings. The molecule has 0 bridgehead atoms. The maximum absolute atomic E-state index is 11.9. The maximum Gasteiger partial charge on any atom is 0.341 e. The number of ether oxygens (including phenoxy) is 2. The number of urea groups is 1. The third-order valence-electron chi connectivity index (χ3n) is 3.44. The smallest absolute Gasteiger partial charge is 0.341 e. The standard InChI is InChI=1S/C18H20N2O6/c1-25-14-6-7-16(21)15(10-14)20-18(24)19-9-8-12-2-4-13(5-3-12)26-11-17(22)23/h2-7,10,21H,8-9,11H2,1H3,(H,22,23)(H2,19,20,24). The molecule has 2 amide bonds. The normalized spacial score (nSPS) is 10.0. The molecular formula is C18H20N2O6. The molecule has 0 spiro atoms. The quantitative estimate of drug-likeness (QED) is 0.536. The molecular weight excluding hydrogens is 340 g/mol. The monoisotopic (exact) mass is 360 g/mol. The van der Waals surface area contributed by atoms with Gasteiger partial charge in [0.15, 0.2) is 6.61 Å². The topological polar surface area (TPSA) is 117 Å². The van der Waals surface area contributed by atoms with Crippen LogP contribution in [0.5, 0.6) is 17.2 Å². The number of carbonyl (C=O) groups excluding carboxylic acids is 1. The molecule has 8 nitrogen and oxygen atoms in total. The van der Waals surface area contributed by atoms with Gasteiger partial charge in [0.2, 0.25) is 0 Å². The predicted octanol–water partition coefficient (Wildman–Crippen LogP) is 2.23. The molecule has 0 aliphatic heterocycles.